The van der Waals surface area contributed by atoms with Crippen molar-refractivity contribution in [1.82, 2.24) is 24.6 Å². The maximum Gasteiger partial charge on any atom is 0.192 e. The Morgan fingerprint density at radius 1 is 1.03 bits per heavy atom. The van der Waals surface area contributed by atoms with Gasteiger partial charge in [-0.05, 0) is 43.9 Å². The number of aryl methyl sites for hydroxylation is 2. The molecule has 0 bridgehead atoms. The van der Waals surface area contributed by atoms with E-state index in [1.54, 1.807) is 22.2 Å². The minimum atomic E-state index is -0.308. The second-order valence-electron chi connectivity index (χ2n) is 7.76. The molecule has 6 rings (SSSR count). The number of nitrogens with zero attached hydrogens (tertiary/aromatic N) is 5. The summed E-state index contributed by atoms with van der Waals surface area (Å²) >= 11 is 1.61. The molecule has 0 aliphatic carbocycles. The lowest BCUT2D eigenvalue weighted by molar-refractivity contribution is 0.219. The van der Waals surface area contributed by atoms with Gasteiger partial charge in [0.25, 0.3) is 0 Å². The monoisotopic (exact) mass is 425 g/mol. The van der Waals surface area contributed by atoms with E-state index in [0.717, 1.165) is 48.3 Å². The number of hydrogen-bond acceptors (Lipinski definition) is 6. The Hall–Kier alpha value is -3.58. The first-order valence-electron chi connectivity index (χ1n) is 10.1. The van der Waals surface area contributed by atoms with Crippen LogP contribution in [0.25, 0.3) is 36.9 Å². The second-order valence-corrected chi connectivity index (χ2v) is 8.76. The van der Waals surface area contributed by atoms with Crippen LogP contribution in [0.2, 0.25) is 0 Å². The van der Waals surface area contributed by atoms with Crippen LogP contribution in [-0.4, -0.2) is 24.6 Å². The summed E-state index contributed by atoms with van der Waals surface area (Å²) in [5.74, 6) is 1.45. The predicted octanol–water partition coefficient (Wildman–Crippen LogP) is 5.80. The summed E-state index contributed by atoms with van der Waals surface area (Å²) in [4.78, 5) is 15.2. The first-order valence-corrected chi connectivity index (χ1v) is 11.0. The first kappa shape index (κ1) is 18.2. The number of aromatic nitrogens is 5. The van der Waals surface area contributed by atoms with Crippen molar-refractivity contribution in [3.05, 3.63) is 71.9 Å². The molecule has 2 aromatic carbocycles. The molecule has 4 aromatic heterocycles. The van der Waals surface area contributed by atoms with E-state index in [-0.39, 0.29) is 6.10 Å². The number of hydrogen-bond donors (Lipinski definition) is 0. The highest BCUT2D eigenvalue weighted by Crippen LogP contribution is 2.36. The molecule has 1 unspecified atom stereocenters. The van der Waals surface area contributed by atoms with Crippen LogP contribution < -0.4 is 4.74 Å². The van der Waals surface area contributed by atoms with Gasteiger partial charge in [0, 0.05) is 16.5 Å². The number of rotatable bonds is 3. The van der Waals surface area contributed by atoms with Crippen molar-refractivity contribution in [1.29, 1.82) is 0 Å². The third-order valence-corrected chi connectivity index (χ3v) is 6.59. The molecule has 0 amide bonds. The van der Waals surface area contributed by atoms with Crippen LogP contribution in [0.1, 0.15) is 30.1 Å². The average Bonchev–Trinajstić information content (AvgIpc) is 3.35. The van der Waals surface area contributed by atoms with Crippen molar-refractivity contribution in [2.24, 2.45) is 0 Å². The molecule has 0 radical (unpaired) electrons. The molecular formula is C24H19N5OS. The molecule has 0 saturated heterocycles. The van der Waals surface area contributed by atoms with Gasteiger partial charge in [0.15, 0.2) is 17.6 Å². The van der Waals surface area contributed by atoms with Crippen LogP contribution in [0.15, 0.2) is 54.9 Å². The highest BCUT2D eigenvalue weighted by molar-refractivity contribution is 7.26. The summed E-state index contributed by atoms with van der Waals surface area (Å²) in [5.41, 5.74) is 3.90. The quantitative estimate of drug-likeness (QED) is 0.359. The molecule has 6 nitrogen and oxygen atoms in total. The minimum Gasteiger partial charge on any atom is -0.482 e. The summed E-state index contributed by atoms with van der Waals surface area (Å²) in [5, 5.41) is 7.97. The number of pyridine rings is 1. The van der Waals surface area contributed by atoms with Gasteiger partial charge < -0.3 is 4.74 Å². The van der Waals surface area contributed by atoms with E-state index >= 15 is 0 Å². The molecule has 0 fully saturated rings. The van der Waals surface area contributed by atoms with Crippen molar-refractivity contribution >= 4 is 48.2 Å². The van der Waals surface area contributed by atoms with E-state index in [0.29, 0.717) is 5.82 Å². The molecule has 0 aliphatic rings. The van der Waals surface area contributed by atoms with E-state index < -0.39 is 0 Å². The Morgan fingerprint density at radius 2 is 1.87 bits per heavy atom. The van der Waals surface area contributed by atoms with Gasteiger partial charge in [-0.15, -0.1) is 16.4 Å². The summed E-state index contributed by atoms with van der Waals surface area (Å²) < 4.78 is 9.01. The lowest BCUT2D eigenvalue weighted by atomic mass is 10.1. The van der Waals surface area contributed by atoms with Crippen LogP contribution in [0.3, 0.4) is 0 Å². The third kappa shape index (κ3) is 2.84. The smallest absolute Gasteiger partial charge is 0.192 e. The molecule has 1 atom stereocenters. The van der Waals surface area contributed by atoms with Crippen LogP contribution in [0.4, 0.5) is 0 Å². The average molecular weight is 426 g/mol. The first-order chi connectivity index (χ1) is 15.1. The molecule has 0 aliphatic heterocycles. The van der Waals surface area contributed by atoms with Gasteiger partial charge in [-0.1, -0.05) is 36.4 Å². The Kier molecular flexibility index (Phi) is 3.94. The molecule has 7 heteroatoms. The molecule has 31 heavy (non-hydrogen) atoms. The van der Waals surface area contributed by atoms with Crippen LogP contribution in [0.5, 0.6) is 5.75 Å². The predicted molar refractivity (Wildman–Crippen MR) is 124 cm³/mol. The lowest BCUT2D eigenvalue weighted by Gasteiger charge is -2.13. The van der Waals surface area contributed by atoms with E-state index in [2.05, 4.69) is 41.3 Å². The van der Waals surface area contributed by atoms with E-state index in [1.807, 2.05) is 38.1 Å². The van der Waals surface area contributed by atoms with Crippen LogP contribution in [-0.2, 0) is 0 Å². The normalized spacial score (nSPS) is 12.9. The summed E-state index contributed by atoms with van der Waals surface area (Å²) in [6.07, 6.45) is 1.42. The van der Waals surface area contributed by atoms with Crippen molar-refractivity contribution in [2.75, 3.05) is 0 Å². The molecule has 152 valence electrons. The van der Waals surface area contributed by atoms with E-state index in [4.69, 9.17) is 14.7 Å². The fourth-order valence-corrected chi connectivity index (χ4v) is 5.32. The van der Waals surface area contributed by atoms with Gasteiger partial charge in [0.05, 0.1) is 5.52 Å². The van der Waals surface area contributed by atoms with Gasteiger partial charge >= 0.3 is 0 Å². The Morgan fingerprint density at radius 3 is 2.77 bits per heavy atom. The molecule has 0 saturated carbocycles. The minimum absolute atomic E-state index is 0.308. The highest BCUT2D eigenvalue weighted by Gasteiger charge is 2.19. The summed E-state index contributed by atoms with van der Waals surface area (Å²) in [6, 6.07) is 16.4. The molecule has 6 aromatic rings. The lowest BCUT2D eigenvalue weighted by Crippen LogP contribution is -2.05. The van der Waals surface area contributed by atoms with Crippen molar-refractivity contribution in [3.8, 4) is 5.75 Å². The van der Waals surface area contributed by atoms with Crippen LogP contribution >= 0.6 is 11.3 Å². The molecule has 0 N–H and O–H groups in total. The standard InChI is InChI=1S/C24H19N5OS/c1-13-11-14(2)26-24-19(13)20-21(31-24)23-27-22(28-29(23)12-25-20)15(3)30-18-10-6-8-16-7-4-5-9-17(16)18/h4-12,15H,1-3H3. The maximum atomic E-state index is 6.28. The topological polar surface area (TPSA) is 65.2 Å². The zero-order valence-electron chi connectivity index (χ0n) is 17.3. The maximum absolute atomic E-state index is 6.28. The fraction of sp³-hybridized carbons (Fsp3) is 0.167. The Bertz CT molecular complexity index is 1610. The molecule has 4 heterocycles. The fourth-order valence-electron chi connectivity index (χ4n) is 4.10. The highest BCUT2D eigenvalue weighted by atomic mass is 32.1. The van der Waals surface area contributed by atoms with E-state index in [9.17, 15) is 0 Å². The number of ether oxygens (including phenoxy) is 1. The van der Waals surface area contributed by atoms with Gasteiger partial charge in [-0.3, -0.25) is 0 Å². The Balaban J connectivity index is 1.46. The molecular weight excluding hydrogens is 406 g/mol. The van der Waals surface area contributed by atoms with Gasteiger partial charge in [-0.25, -0.2) is 19.5 Å². The number of fused-ring (bicyclic) bond motifs is 6. The zero-order chi connectivity index (χ0) is 21.1. The number of thiophene rings is 1. The van der Waals surface area contributed by atoms with Crippen molar-refractivity contribution < 1.29 is 4.74 Å². The van der Waals surface area contributed by atoms with E-state index in [1.165, 1.54) is 5.56 Å². The largest absolute Gasteiger partial charge is 0.482 e. The van der Waals surface area contributed by atoms with Crippen LogP contribution in [0, 0.1) is 13.8 Å². The van der Waals surface area contributed by atoms with Gasteiger partial charge in [0.2, 0.25) is 0 Å². The van der Waals surface area contributed by atoms with Gasteiger partial charge in [0.1, 0.15) is 21.6 Å². The Labute approximate surface area is 182 Å². The summed E-state index contributed by atoms with van der Waals surface area (Å²) in [6.45, 7) is 6.09. The van der Waals surface area contributed by atoms with Crippen molar-refractivity contribution in [2.45, 2.75) is 26.9 Å². The SMILES string of the molecule is Cc1cc(C)c2c(n1)sc1c2ncn2nc(C(C)Oc3cccc4ccccc34)nc12. The van der Waals surface area contributed by atoms with Gasteiger partial charge in [-0.2, -0.15) is 0 Å². The zero-order valence-corrected chi connectivity index (χ0v) is 18.1. The summed E-state index contributed by atoms with van der Waals surface area (Å²) in [7, 11) is 0. The van der Waals surface area contributed by atoms with Crippen molar-refractivity contribution in [3.63, 3.8) is 0 Å². The molecule has 0 spiro atoms. The third-order valence-electron chi connectivity index (χ3n) is 5.53. The number of benzene rings is 2. The second kappa shape index (κ2) is 6.72.